The standard InChI is InChI=1S/C13H15NO2S/c1-10(8-14)9-17(15,16)13-6-5-11-3-2-4-12(11)7-13/h5-7,10H,2-4,9H2,1H3. The third-order valence-electron chi connectivity index (χ3n) is 3.12. The number of benzene rings is 1. The van der Waals surface area contributed by atoms with Gasteiger partial charge in [-0.05, 0) is 49.4 Å². The lowest BCUT2D eigenvalue weighted by Gasteiger charge is -2.07. The van der Waals surface area contributed by atoms with E-state index in [1.54, 1.807) is 19.1 Å². The average molecular weight is 249 g/mol. The maximum atomic E-state index is 12.1. The van der Waals surface area contributed by atoms with E-state index in [1.807, 2.05) is 12.1 Å². The van der Waals surface area contributed by atoms with Gasteiger partial charge >= 0.3 is 0 Å². The number of rotatable bonds is 3. The summed E-state index contributed by atoms with van der Waals surface area (Å²) in [4.78, 5) is 0.361. The molecule has 0 saturated heterocycles. The summed E-state index contributed by atoms with van der Waals surface area (Å²) >= 11 is 0. The number of sulfone groups is 1. The maximum Gasteiger partial charge on any atom is 0.179 e. The molecule has 90 valence electrons. The van der Waals surface area contributed by atoms with Crippen LogP contribution in [-0.2, 0) is 22.7 Å². The van der Waals surface area contributed by atoms with Crippen molar-refractivity contribution in [3.05, 3.63) is 29.3 Å². The minimum atomic E-state index is -3.32. The van der Waals surface area contributed by atoms with Crippen LogP contribution in [0.15, 0.2) is 23.1 Å². The highest BCUT2D eigenvalue weighted by Crippen LogP contribution is 2.25. The Kier molecular flexibility index (Phi) is 3.21. The molecule has 1 aliphatic rings. The summed E-state index contributed by atoms with van der Waals surface area (Å²) in [7, 11) is -3.32. The summed E-state index contributed by atoms with van der Waals surface area (Å²) in [6.45, 7) is 1.63. The Hall–Kier alpha value is -1.34. The molecule has 0 aliphatic heterocycles. The van der Waals surface area contributed by atoms with E-state index in [2.05, 4.69) is 0 Å². The maximum absolute atomic E-state index is 12.1. The van der Waals surface area contributed by atoms with E-state index in [-0.39, 0.29) is 5.75 Å². The molecule has 1 unspecified atom stereocenters. The predicted molar refractivity (Wildman–Crippen MR) is 65.3 cm³/mol. The van der Waals surface area contributed by atoms with E-state index in [4.69, 9.17) is 5.26 Å². The summed E-state index contributed by atoms with van der Waals surface area (Å²) in [6.07, 6.45) is 3.12. The van der Waals surface area contributed by atoms with E-state index < -0.39 is 15.8 Å². The van der Waals surface area contributed by atoms with Crippen LogP contribution >= 0.6 is 0 Å². The molecule has 0 amide bonds. The predicted octanol–water partition coefficient (Wildman–Crippen LogP) is 2.11. The second-order valence-electron chi connectivity index (χ2n) is 4.60. The molecular formula is C13H15NO2S. The van der Waals surface area contributed by atoms with E-state index >= 15 is 0 Å². The number of nitriles is 1. The zero-order valence-electron chi connectivity index (χ0n) is 9.81. The highest BCUT2D eigenvalue weighted by atomic mass is 32.2. The van der Waals surface area contributed by atoms with Crippen LogP contribution in [0.25, 0.3) is 0 Å². The van der Waals surface area contributed by atoms with Crippen molar-refractivity contribution in [3.8, 4) is 6.07 Å². The van der Waals surface area contributed by atoms with Gasteiger partial charge < -0.3 is 0 Å². The molecule has 1 aromatic carbocycles. The van der Waals surface area contributed by atoms with Gasteiger partial charge in [0.25, 0.3) is 0 Å². The van der Waals surface area contributed by atoms with Crippen molar-refractivity contribution < 1.29 is 8.42 Å². The Morgan fingerprint density at radius 2 is 2.06 bits per heavy atom. The van der Waals surface area contributed by atoms with Gasteiger partial charge in [0.2, 0.25) is 0 Å². The summed E-state index contributed by atoms with van der Waals surface area (Å²) in [5.41, 5.74) is 2.41. The molecule has 0 radical (unpaired) electrons. The lowest BCUT2D eigenvalue weighted by atomic mass is 10.1. The summed E-state index contributed by atoms with van der Waals surface area (Å²) in [5, 5.41) is 8.69. The molecule has 3 nitrogen and oxygen atoms in total. The monoisotopic (exact) mass is 249 g/mol. The van der Waals surface area contributed by atoms with Crippen LogP contribution in [0.2, 0.25) is 0 Å². The third kappa shape index (κ3) is 2.50. The molecule has 2 rings (SSSR count). The summed E-state index contributed by atoms with van der Waals surface area (Å²) < 4.78 is 24.1. The molecule has 0 spiro atoms. The molecule has 1 atom stereocenters. The number of aryl methyl sites for hydroxylation is 2. The summed E-state index contributed by atoms with van der Waals surface area (Å²) in [5.74, 6) is -0.560. The van der Waals surface area contributed by atoms with Crippen molar-refractivity contribution in [3.63, 3.8) is 0 Å². The van der Waals surface area contributed by atoms with Gasteiger partial charge in [-0.1, -0.05) is 6.07 Å². The van der Waals surface area contributed by atoms with Gasteiger partial charge in [-0.15, -0.1) is 0 Å². The quantitative estimate of drug-likeness (QED) is 0.824. The lowest BCUT2D eigenvalue weighted by molar-refractivity contribution is 0.589. The van der Waals surface area contributed by atoms with Crippen molar-refractivity contribution in [2.45, 2.75) is 31.1 Å². The first-order valence-corrected chi connectivity index (χ1v) is 7.42. The molecule has 0 aromatic heterocycles. The smallest absolute Gasteiger partial charge is 0.179 e. The number of fused-ring (bicyclic) bond motifs is 1. The lowest BCUT2D eigenvalue weighted by Crippen LogP contribution is -2.13. The van der Waals surface area contributed by atoms with E-state index in [1.165, 1.54) is 5.56 Å². The fourth-order valence-corrected chi connectivity index (χ4v) is 3.73. The van der Waals surface area contributed by atoms with Gasteiger partial charge in [-0.25, -0.2) is 8.42 Å². The Bertz CT molecular complexity index is 570. The van der Waals surface area contributed by atoms with Crippen LogP contribution in [0.5, 0.6) is 0 Å². The molecule has 1 aliphatic carbocycles. The van der Waals surface area contributed by atoms with Gasteiger partial charge in [0, 0.05) is 0 Å². The first-order chi connectivity index (χ1) is 8.03. The highest BCUT2D eigenvalue weighted by molar-refractivity contribution is 7.91. The van der Waals surface area contributed by atoms with Crippen molar-refractivity contribution in [2.24, 2.45) is 5.92 Å². The molecule has 0 bridgehead atoms. The second kappa shape index (κ2) is 4.50. The Morgan fingerprint density at radius 3 is 2.76 bits per heavy atom. The van der Waals surface area contributed by atoms with Gasteiger partial charge in [0.05, 0.1) is 22.6 Å². The number of hydrogen-bond donors (Lipinski definition) is 0. The Morgan fingerprint density at radius 1 is 1.35 bits per heavy atom. The molecule has 4 heteroatoms. The molecule has 17 heavy (non-hydrogen) atoms. The molecule has 0 heterocycles. The van der Waals surface area contributed by atoms with Crippen LogP contribution < -0.4 is 0 Å². The minimum Gasteiger partial charge on any atom is -0.224 e. The van der Waals surface area contributed by atoms with Gasteiger partial charge in [0.1, 0.15) is 0 Å². The van der Waals surface area contributed by atoms with Gasteiger partial charge in [0.15, 0.2) is 9.84 Å². The number of hydrogen-bond acceptors (Lipinski definition) is 3. The van der Waals surface area contributed by atoms with Crippen LogP contribution in [0.1, 0.15) is 24.5 Å². The van der Waals surface area contributed by atoms with Crippen LogP contribution in [0, 0.1) is 17.2 Å². The highest BCUT2D eigenvalue weighted by Gasteiger charge is 2.20. The first-order valence-electron chi connectivity index (χ1n) is 5.77. The SMILES string of the molecule is CC(C#N)CS(=O)(=O)c1ccc2c(c1)CCC2. The Balaban J connectivity index is 2.32. The molecule has 0 N–H and O–H groups in total. The number of nitrogens with zero attached hydrogens (tertiary/aromatic N) is 1. The van der Waals surface area contributed by atoms with Crippen molar-refractivity contribution >= 4 is 9.84 Å². The van der Waals surface area contributed by atoms with Crippen molar-refractivity contribution in [2.75, 3.05) is 5.75 Å². The van der Waals surface area contributed by atoms with E-state index in [0.717, 1.165) is 24.8 Å². The van der Waals surface area contributed by atoms with Crippen LogP contribution in [-0.4, -0.2) is 14.2 Å². The van der Waals surface area contributed by atoms with Crippen molar-refractivity contribution in [1.29, 1.82) is 5.26 Å². The molecular weight excluding hydrogens is 234 g/mol. The zero-order valence-corrected chi connectivity index (χ0v) is 10.6. The fourth-order valence-electron chi connectivity index (χ4n) is 2.20. The second-order valence-corrected chi connectivity index (χ2v) is 6.63. The first kappa shape index (κ1) is 12.1. The fraction of sp³-hybridized carbons (Fsp3) is 0.462. The van der Waals surface area contributed by atoms with Crippen molar-refractivity contribution in [1.82, 2.24) is 0 Å². The largest absolute Gasteiger partial charge is 0.224 e. The van der Waals surface area contributed by atoms with Gasteiger partial charge in [-0.2, -0.15) is 5.26 Å². The normalized spacial score (nSPS) is 16.2. The minimum absolute atomic E-state index is 0.0950. The average Bonchev–Trinajstić information content (AvgIpc) is 2.75. The van der Waals surface area contributed by atoms with E-state index in [0.29, 0.717) is 4.90 Å². The zero-order chi connectivity index (χ0) is 12.5. The molecule has 1 aromatic rings. The third-order valence-corrected chi connectivity index (χ3v) is 5.03. The molecule has 0 fully saturated rings. The topological polar surface area (TPSA) is 57.9 Å². The summed E-state index contributed by atoms with van der Waals surface area (Å²) in [6, 6.07) is 7.32. The van der Waals surface area contributed by atoms with Gasteiger partial charge in [-0.3, -0.25) is 0 Å². The van der Waals surface area contributed by atoms with Crippen LogP contribution in [0.4, 0.5) is 0 Å². The van der Waals surface area contributed by atoms with E-state index in [9.17, 15) is 8.42 Å². The van der Waals surface area contributed by atoms with Crippen LogP contribution in [0.3, 0.4) is 0 Å². The molecule has 0 saturated carbocycles. The Labute approximate surface area is 102 Å².